The number of nitrogens with zero attached hydrogens (tertiary/aromatic N) is 2. The quantitative estimate of drug-likeness (QED) is 0.384. The van der Waals surface area contributed by atoms with Gasteiger partial charge in [-0.15, -0.1) is 0 Å². The lowest BCUT2D eigenvalue weighted by atomic mass is 10.2. The minimum absolute atomic E-state index is 0.0632. The van der Waals surface area contributed by atoms with Crippen LogP contribution in [-0.4, -0.2) is 11.1 Å². The average molecular weight is 347 g/mol. The third kappa shape index (κ3) is 4.67. The number of hydrazone groups is 1. The first-order valence-electron chi connectivity index (χ1n) is 8.01. The van der Waals surface area contributed by atoms with Crippen LogP contribution in [0.25, 0.3) is 0 Å². The Morgan fingerprint density at radius 1 is 0.962 bits per heavy atom. The maximum absolute atomic E-state index is 10.7. The first-order valence-corrected chi connectivity index (χ1v) is 8.01. The molecule has 0 aliphatic rings. The minimum atomic E-state index is -0.420. The molecule has 0 fully saturated rings. The molecule has 3 aromatic carbocycles. The molecule has 3 aromatic rings. The summed E-state index contributed by atoms with van der Waals surface area (Å²) in [5.74, 6) is 0.685. The monoisotopic (exact) mass is 347 g/mol. The number of hydrogen-bond acceptors (Lipinski definition) is 5. The van der Waals surface area contributed by atoms with Gasteiger partial charge in [0.15, 0.2) is 0 Å². The van der Waals surface area contributed by atoms with Gasteiger partial charge in [-0.05, 0) is 42.0 Å². The van der Waals surface area contributed by atoms with Gasteiger partial charge in [-0.2, -0.15) is 5.10 Å². The van der Waals surface area contributed by atoms with Crippen molar-refractivity contribution in [2.75, 3.05) is 5.43 Å². The number of para-hydroxylation sites is 2. The molecule has 0 atom stereocenters. The van der Waals surface area contributed by atoms with Crippen LogP contribution in [0.5, 0.6) is 5.75 Å². The van der Waals surface area contributed by atoms with Crippen LogP contribution in [-0.2, 0) is 6.61 Å². The normalized spacial score (nSPS) is 10.6. The lowest BCUT2D eigenvalue weighted by Gasteiger charge is -2.09. The van der Waals surface area contributed by atoms with Crippen LogP contribution < -0.4 is 10.2 Å². The number of benzene rings is 3. The molecule has 1 N–H and O–H groups in total. The van der Waals surface area contributed by atoms with Crippen molar-refractivity contribution in [3.63, 3.8) is 0 Å². The second kappa shape index (κ2) is 8.43. The van der Waals surface area contributed by atoms with E-state index in [9.17, 15) is 10.1 Å². The summed E-state index contributed by atoms with van der Waals surface area (Å²) < 4.78 is 5.84. The molecule has 6 heteroatoms. The van der Waals surface area contributed by atoms with Crippen molar-refractivity contribution in [1.29, 1.82) is 0 Å². The van der Waals surface area contributed by atoms with Gasteiger partial charge in [0.2, 0.25) is 0 Å². The van der Waals surface area contributed by atoms with Crippen molar-refractivity contribution >= 4 is 17.6 Å². The van der Waals surface area contributed by atoms with Crippen LogP contribution in [0.1, 0.15) is 11.1 Å². The highest BCUT2D eigenvalue weighted by Crippen LogP contribution is 2.19. The topological polar surface area (TPSA) is 76.8 Å². The molecule has 0 heterocycles. The summed E-state index contributed by atoms with van der Waals surface area (Å²) in [6.45, 7) is 0.314. The van der Waals surface area contributed by atoms with Crippen LogP contribution in [0, 0.1) is 10.1 Å². The van der Waals surface area contributed by atoms with E-state index in [2.05, 4.69) is 10.5 Å². The Morgan fingerprint density at radius 2 is 1.65 bits per heavy atom. The van der Waals surface area contributed by atoms with Crippen molar-refractivity contribution in [3.05, 3.63) is 100 Å². The van der Waals surface area contributed by atoms with E-state index in [4.69, 9.17) is 4.74 Å². The van der Waals surface area contributed by atoms with E-state index in [1.165, 1.54) is 12.1 Å². The summed E-state index contributed by atoms with van der Waals surface area (Å²) in [4.78, 5) is 10.3. The number of anilines is 1. The van der Waals surface area contributed by atoms with Gasteiger partial charge in [0.1, 0.15) is 12.4 Å². The highest BCUT2D eigenvalue weighted by Gasteiger charge is 2.05. The standard InChI is InChI=1S/C20H17N3O3/c24-23(25)19-12-10-16(11-13-19)15-26-20-9-5-4-6-17(20)14-21-22-18-7-2-1-3-8-18/h1-14,22H,15H2/b21-14-. The molecular weight excluding hydrogens is 330 g/mol. The summed E-state index contributed by atoms with van der Waals surface area (Å²) in [6.07, 6.45) is 1.69. The maximum Gasteiger partial charge on any atom is 0.269 e. The van der Waals surface area contributed by atoms with E-state index in [0.29, 0.717) is 12.4 Å². The third-order valence-corrected chi connectivity index (χ3v) is 3.63. The molecule has 0 bridgehead atoms. The van der Waals surface area contributed by atoms with E-state index in [1.54, 1.807) is 18.3 Å². The summed E-state index contributed by atoms with van der Waals surface area (Å²) in [5.41, 5.74) is 5.60. The number of rotatable bonds is 7. The van der Waals surface area contributed by atoms with Crippen LogP contribution in [0.15, 0.2) is 84.0 Å². The molecule has 0 saturated carbocycles. The van der Waals surface area contributed by atoms with E-state index >= 15 is 0 Å². The summed E-state index contributed by atoms with van der Waals surface area (Å²) in [6, 6.07) is 23.5. The fourth-order valence-electron chi connectivity index (χ4n) is 2.28. The van der Waals surface area contributed by atoms with E-state index in [0.717, 1.165) is 16.8 Å². The second-order valence-electron chi connectivity index (χ2n) is 5.49. The first kappa shape index (κ1) is 17.2. The molecule has 0 amide bonds. The number of nitro benzene ring substituents is 1. The smallest absolute Gasteiger partial charge is 0.269 e. The third-order valence-electron chi connectivity index (χ3n) is 3.63. The van der Waals surface area contributed by atoms with Crippen molar-refractivity contribution in [1.82, 2.24) is 0 Å². The lowest BCUT2D eigenvalue weighted by molar-refractivity contribution is -0.384. The molecule has 0 aliphatic carbocycles. The Hall–Kier alpha value is -3.67. The van der Waals surface area contributed by atoms with Gasteiger partial charge < -0.3 is 4.74 Å². The first-order chi connectivity index (χ1) is 12.7. The number of ether oxygens (including phenoxy) is 1. The number of nitro groups is 1. The largest absolute Gasteiger partial charge is 0.488 e. The maximum atomic E-state index is 10.7. The minimum Gasteiger partial charge on any atom is -0.488 e. The van der Waals surface area contributed by atoms with Gasteiger partial charge in [-0.1, -0.05) is 30.3 Å². The number of non-ortho nitro benzene ring substituents is 1. The fraction of sp³-hybridized carbons (Fsp3) is 0.0500. The zero-order valence-electron chi connectivity index (χ0n) is 13.9. The highest BCUT2D eigenvalue weighted by molar-refractivity contribution is 5.84. The summed E-state index contributed by atoms with van der Waals surface area (Å²) in [7, 11) is 0. The SMILES string of the molecule is O=[N+]([O-])c1ccc(COc2ccccc2/C=N\Nc2ccccc2)cc1. The van der Waals surface area contributed by atoms with Gasteiger partial charge >= 0.3 is 0 Å². The Balaban J connectivity index is 1.64. The Morgan fingerprint density at radius 3 is 2.38 bits per heavy atom. The van der Waals surface area contributed by atoms with Crippen molar-refractivity contribution < 1.29 is 9.66 Å². The predicted octanol–water partition coefficient (Wildman–Crippen LogP) is 4.62. The van der Waals surface area contributed by atoms with Gasteiger partial charge in [0.05, 0.1) is 16.8 Å². The zero-order chi connectivity index (χ0) is 18.2. The predicted molar refractivity (Wildman–Crippen MR) is 102 cm³/mol. The summed E-state index contributed by atoms with van der Waals surface area (Å²) >= 11 is 0. The van der Waals surface area contributed by atoms with Gasteiger partial charge in [0.25, 0.3) is 5.69 Å². The van der Waals surface area contributed by atoms with Crippen LogP contribution >= 0.6 is 0 Å². The molecule has 26 heavy (non-hydrogen) atoms. The molecule has 0 radical (unpaired) electrons. The Labute approximate surface area is 150 Å². The number of hydrogen-bond donors (Lipinski definition) is 1. The molecule has 0 spiro atoms. The molecule has 6 nitrogen and oxygen atoms in total. The number of nitrogens with one attached hydrogen (secondary N) is 1. The van der Waals surface area contributed by atoms with Gasteiger partial charge in [-0.3, -0.25) is 15.5 Å². The lowest BCUT2D eigenvalue weighted by Crippen LogP contribution is -1.99. The van der Waals surface area contributed by atoms with Gasteiger partial charge in [-0.25, -0.2) is 0 Å². The molecule has 0 aliphatic heterocycles. The van der Waals surface area contributed by atoms with Crippen molar-refractivity contribution in [2.45, 2.75) is 6.61 Å². The van der Waals surface area contributed by atoms with Crippen LogP contribution in [0.3, 0.4) is 0 Å². The second-order valence-corrected chi connectivity index (χ2v) is 5.49. The van der Waals surface area contributed by atoms with E-state index in [-0.39, 0.29) is 5.69 Å². The Kier molecular flexibility index (Phi) is 5.57. The van der Waals surface area contributed by atoms with Crippen molar-refractivity contribution in [2.24, 2.45) is 5.10 Å². The van der Waals surface area contributed by atoms with E-state index in [1.807, 2.05) is 54.6 Å². The molecule has 0 saturated heterocycles. The fourth-order valence-corrected chi connectivity index (χ4v) is 2.28. The van der Waals surface area contributed by atoms with Crippen molar-refractivity contribution in [3.8, 4) is 5.75 Å². The highest BCUT2D eigenvalue weighted by atomic mass is 16.6. The van der Waals surface area contributed by atoms with Gasteiger partial charge in [0, 0.05) is 17.7 Å². The molecule has 0 unspecified atom stereocenters. The molecule has 3 rings (SSSR count). The van der Waals surface area contributed by atoms with E-state index < -0.39 is 4.92 Å². The van der Waals surface area contributed by atoms with Crippen LogP contribution in [0.2, 0.25) is 0 Å². The Bertz CT molecular complexity index is 894. The molecule has 0 aromatic heterocycles. The van der Waals surface area contributed by atoms with Crippen LogP contribution in [0.4, 0.5) is 11.4 Å². The molecule has 130 valence electrons. The molecular formula is C20H17N3O3. The average Bonchev–Trinajstić information content (AvgIpc) is 2.68. The summed E-state index contributed by atoms with van der Waals surface area (Å²) in [5, 5.41) is 14.9. The zero-order valence-corrected chi connectivity index (χ0v) is 13.9.